The van der Waals surface area contributed by atoms with E-state index in [0.29, 0.717) is 0 Å². The van der Waals surface area contributed by atoms with Crippen LogP contribution in [0.2, 0.25) is 0 Å². The summed E-state index contributed by atoms with van der Waals surface area (Å²) < 4.78 is 8.69. The van der Waals surface area contributed by atoms with Gasteiger partial charge in [-0.1, -0.05) is 54.6 Å². The summed E-state index contributed by atoms with van der Waals surface area (Å²) in [7, 11) is 2.12. The number of aryl methyl sites for hydroxylation is 2. The summed E-state index contributed by atoms with van der Waals surface area (Å²) in [6.07, 6.45) is 1.96. The van der Waals surface area contributed by atoms with Crippen LogP contribution in [0.3, 0.4) is 0 Å². The highest BCUT2D eigenvalue weighted by Gasteiger charge is 2.45. The number of ether oxygens (including phenoxy) is 1. The Balaban J connectivity index is 1.52. The average molecular weight is 474 g/mol. The first kappa shape index (κ1) is 19.5. The maximum Gasteiger partial charge on any atom is 0.287 e. The molecule has 1 aromatic heterocycles. The van der Waals surface area contributed by atoms with Crippen LogP contribution >= 0.6 is 0 Å². The van der Waals surface area contributed by atoms with Crippen LogP contribution in [0.25, 0.3) is 32.9 Å². The van der Waals surface area contributed by atoms with E-state index in [1.54, 1.807) is 0 Å². The van der Waals surface area contributed by atoms with E-state index >= 15 is 0 Å². The Morgan fingerprint density at radius 3 is 2.62 bits per heavy atom. The molecular weight excluding hydrogens is 453 g/mol. The Morgan fingerprint density at radius 1 is 0.838 bits per heavy atom. The van der Waals surface area contributed by atoms with Gasteiger partial charge in [-0.2, -0.15) is 0 Å². The van der Waals surface area contributed by atoms with E-state index in [4.69, 9.17) is 9.72 Å². The lowest BCUT2D eigenvalue weighted by Gasteiger charge is -2.42. The van der Waals surface area contributed by atoms with Crippen LogP contribution in [0.4, 0.5) is 17.1 Å². The molecule has 3 aliphatic heterocycles. The van der Waals surface area contributed by atoms with Gasteiger partial charge in [0.15, 0.2) is 5.52 Å². The molecule has 172 valence electrons. The number of hydrogen-bond donors (Lipinski definition) is 0. The van der Waals surface area contributed by atoms with Gasteiger partial charge in [0.05, 0.1) is 23.8 Å². The van der Waals surface area contributed by atoms with E-state index in [1.807, 2.05) is 6.33 Å². The van der Waals surface area contributed by atoms with Crippen molar-refractivity contribution in [1.82, 2.24) is 4.98 Å². The molecule has 0 atom stereocenters. The molecule has 9 rings (SSSR count). The minimum absolute atomic E-state index is 0.105. The first-order valence-corrected chi connectivity index (χ1v) is 12.7. The quantitative estimate of drug-likeness (QED) is 0.231. The molecule has 0 bridgehead atoms. The van der Waals surface area contributed by atoms with Gasteiger partial charge in [-0.3, -0.25) is 0 Å². The van der Waals surface area contributed by atoms with Gasteiger partial charge >= 0.3 is 0 Å². The third-order valence-electron chi connectivity index (χ3n) is 8.47. The van der Waals surface area contributed by atoms with Gasteiger partial charge in [-0.05, 0) is 75.0 Å². The SMILES string of the molecule is Cc1c2c(cc3ccccc13)N1c3cccc4c3B(c3ccccc3O4)c3ccc4nc[n+](C)c-2c4c31. The molecule has 4 heterocycles. The molecule has 0 unspecified atom stereocenters. The van der Waals surface area contributed by atoms with Crippen LogP contribution in [0.15, 0.2) is 91.3 Å². The minimum atomic E-state index is 0.105. The second-order valence-electron chi connectivity index (χ2n) is 10.3. The van der Waals surface area contributed by atoms with Crippen molar-refractivity contribution in [1.29, 1.82) is 0 Å². The highest BCUT2D eigenvalue weighted by Crippen LogP contribution is 2.53. The molecule has 0 aliphatic carbocycles. The van der Waals surface area contributed by atoms with Gasteiger partial charge in [0.1, 0.15) is 17.2 Å². The molecule has 37 heavy (non-hydrogen) atoms. The summed E-state index contributed by atoms with van der Waals surface area (Å²) in [5, 5.41) is 3.75. The largest absolute Gasteiger partial charge is 0.458 e. The average Bonchev–Trinajstić information content (AvgIpc) is 2.93. The zero-order valence-electron chi connectivity index (χ0n) is 20.5. The van der Waals surface area contributed by atoms with Crippen molar-refractivity contribution in [3.8, 4) is 22.8 Å². The Morgan fingerprint density at radius 2 is 1.68 bits per heavy atom. The zero-order chi connectivity index (χ0) is 24.4. The fourth-order valence-electron chi connectivity index (χ4n) is 6.97. The van der Waals surface area contributed by atoms with E-state index in [0.717, 1.165) is 17.0 Å². The van der Waals surface area contributed by atoms with Crippen molar-refractivity contribution in [3.63, 3.8) is 0 Å². The van der Waals surface area contributed by atoms with Crippen molar-refractivity contribution in [2.45, 2.75) is 6.92 Å². The highest BCUT2D eigenvalue weighted by molar-refractivity contribution is 6.99. The summed E-state index contributed by atoms with van der Waals surface area (Å²) >= 11 is 0. The number of hydrogen-bond acceptors (Lipinski definition) is 3. The number of anilines is 3. The van der Waals surface area contributed by atoms with Crippen molar-refractivity contribution >= 4 is 61.8 Å². The number of benzene rings is 5. The number of fused-ring (bicyclic) bond motifs is 8. The minimum Gasteiger partial charge on any atom is -0.458 e. The molecule has 0 fully saturated rings. The lowest BCUT2D eigenvalue weighted by molar-refractivity contribution is -0.662. The Bertz CT molecular complexity index is 2010. The number of para-hydroxylation sites is 1. The molecular formula is C32H21BN3O+. The van der Waals surface area contributed by atoms with Crippen LogP contribution in [-0.4, -0.2) is 11.7 Å². The van der Waals surface area contributed by atoms with E-state index < -0.39 is 0 Å². The van der Waals surface area contributed by atoms with Gasteiger partial charge in [0, 0.05) is 11.3 Å². The van der Waals surface area contributed by atoms with E-state index in [-0.39, 0.29) is 6.71 Å². The van der Waals surface area contributed by atoms with Gasteiger partial charge in [-0.25, -0.2) is 4.57 Å². The first-order chi connectivity index (χ1) is 18.2. The molecule has 4 nitrogen and oxygen atoms in total. The highest BCUT2D eigenvalue weighted by atomic mass is 16.5. The topological polar surface area (TPSA) is 29.2 Å². The Kier molecular flexibility index (Phi) is 3.47. The van der Waals surface area contributed by atoms with Crippen LogP contribution in [0.5, 0.6) is 11.5 Å². The van der Waals surface area contributed by atoms with Gasteiger partial charge in [-0.15, -0.1) is 0 Å². The predicted octanol–water partition coefficient (Wildman–Crippen LogP) is 4.91. The summed E-state index contributed by atoms with van der Waals surface area (Å²) in [4.78, 5) is 7.36. The molecule has 5 heteroatoms. The van der Waals surface area contributed by atoms with Gasteiger partial charge in [0.25, 0.3) is 13.0 Å². The molecule has 5 aromatic carbocycles. The standard InChI is InChI=1S/C32H21BN3O/c1-18-20-9-4-3-8-19(20)16-25-28(18)32-29-23(34-17-35(32)2)15-14-22-31(29)36(25)24-11-7-13-27-30(24)33(22)21-10-5-6-12-26(21)37-27/h3-17H,1-2H3/q+1. The fourth-order valence-corrected chi connectivity index (χ4v) is 6.97. The smallest absolute Gasteiger partial charge is 0.287 e. The van der Waals surface area contributed by atoms with E-state index in [9.17, 15) is 0 Å². The third kappa shape index (κ3) is 2.26. The Labute approximate surface area is 214 Å². The lowest BCUT2D eigenvalue weighted by atomic mass is 9.34. The molecule has 3 aliphatic rings. The molecule has 0 amide bonds. The van der Waals surface area contributed by atoms with Crippen LogP contribution in [0, 0.1) is 6.92 Å². The third-order valence-corrected chi connectivity index (χ3v) is 8.47. The number of rotatable bonds is 0. The van der Waals surface area contributed by atoms with Crippen molar-refractivity contribution in [2.75, 3.05) is 4.90 Å². The first-order valence-electron chi connectivity index (χ1n) is 12.7. The molecule has 0 saturated heterocycles. The maximum atomic E-state index is 6.49. The van der Waals surface area contributed by atoms with Gasteiger partial charge in [0.2, 0.25) is 0 Å². The fraction of sp³-hybridized carbons (Fsp3) is 0.0625. The molecule has 0 N–H and O–H groups in total. The lowest BCUT2D eigenvalue weighted by Crippen LogP contribution is -2.60. The second-order valence-corrected chi connectivity index (χ2v) is 10.3. The summed E-state index contributed by atoms with van der Waals surface area (Å²) in [6, 6.07) is 30.5. The second kappa shape index (κ2) is 6.57. The maximum absolute atomic E-state index is 6.49. The number of aromatic nitrogens is 2. The normalized spacial score (nSPS) is 13.8. The van der Waals surface area contributed by atoms with E-state index in [2.05, 4.69) is 108 Å². The van der Waals surface area contributed by atoms with Crippen LogP contribution in [0.1, 0.15) is 5.56 Å². The summed E-state index contributed by atoms with van der Waals surface area (Å²) in [5.41, 5.74) is 12.2. The van der Waals surface area contributed by atoms with Crippen LogP contribution < -0.4 is 30.6 Å². The van der Waals surface area contributed by atoms with Crippen molar-refractivity contribution < 1.29 is 9.30 Å². The van der Waals surface area contributed by atoms with Crippen LogP contribution in [-0.2, 0) is 7.05 Å². The van der Waals surface area contributed by atoms with E-state index in [1.165, 1.54) is 66.4 Å². The molecule has 0 radical (unpaired) electrons. The molecule has 0 saturated carbocycles. The predicted molar refractivity (Wildman–Crippen MR) is 150 cm³/mol. The van der Waals surface area contributed by atoms with Crippen molar-refractivity contribution in [3.05, 3.63) is 96.8 Å². The summed E-state index contributed by atoms with van der Waals surface area (Å²) in [6.45, 7) is 2.36. The summed E-state index contributed by atoms with van der Waals surface area (Å²) in [5.74, 6) is 1.88. The van der Waals surface area contributed by atoms with Crippen molar-refractivity contribution in [2.24, 2.45) is 7.05 Å². The zero-order valence-corrected chi connectivity index (χ0v) is 20.5. The number of nitrogens with zero attached hydrogens (tertiary/aromatic N) is 3. The van der Waals surface area contributed by atoms with Gasteiger partial charge < -0.3 is 9.64 Å². The monoisotopic (exact) mass is 474 g/mol. The Hall–Kier alpha value is -4.64. The molecule has 0 spiro atoms. The molecule has 6 aromatic rings.